The van der Waals surface area contributed by atoms with E-state index in [9.17, 15) is 9.90 Å². The standard InChI is InChI=1S/C14H18N2O2S2/c1-14(2,3)11-10(12(17)18)20-13(15-11)16(4)8-9-6-5-7-19-9/h5-7H,8H2,1-4H3,(H,17,18). The van der Waals surface area contributed by atoms with Crippen molar-refractivity contribution in [1.82, 2.24) is 4.98 Å². The summed E-state index contributed by atoms with van der Waals surface area (Å²) in [5.41, 5.74) is 0.384. The zero-order chi connectivity index (χ0) is 14.9. The minimum absolute atomic E-state index is 0.272. The van der Waals surface area contributed by atoms with Gasteiger partial charge in [-0.3, -0.25) is 0 Å². The molecular formula is C14H18N2O2S2. The number of hydrogen-bond donors (Lipinski definition) is 1. The van der Waals surface area contributed by atoms with Gasteiger partial charge in [-0.2, -0.15) is 0 Å². The van der Waals surface area contributed by atoms with Crippen molar-refractivity contribution in [3.8, 4) is 0 Å². The zero-order valence-corrected chi connectivity index (χ0v) is 13.6. The highest BCUT2D eigenvalue weighted by Crippen LogP contribution is 2.34. The summed E-state index contributed by atoms with van der Waals surface area (Å²) < 4.78 is 0. The molecule has 0 spiro atoms. The Labute approximate surface area is 126 Å². The molecule has 2 aromatic heterocycles. The number of rotatable bonds is 4. The van der Waals surface area contributed by atoms with Crippen LogP contribution in [0.3, 0.4) is 0 Å². The number of carboxylic acid groups (broad SMARTS) is 1. The monoisotopic (exact) mass is 310 g/mol. The van der Waals surface area contributed by atoms with E-state index < -0.39 is 5.97 Å². The average molecular weight is 310 g/mol. The fourth-order valence-corrected chi connectivity index (χ4v) is 3.66. The fraction of sp³-hybridized carbons (Fsp3) is 0.429. The van der Waals surface area contributed by atoms with Gasteiger partial charge in [-0.05, 0) is 11.4 Å². The van der Waals surface area contributed by atoms with Crippen molar-refractivity contribution in [1.29, 1.82) is 0 Å². The van der Waals surface area contributed by atoms with Crippen LogP contribution in [0.5, 0.6) is 0 Å². The van der Waals surface area contributed by atoms with Gasteiger partial charge in [0.15, 0.2) is 5.13 Å². The van der Waals surface area contributed by atoms with Crippen LogP contribution >= 0.6 is 22.7 Å². The Hall–Kier alpha value is -1.40. The smallest absolute Gasteiger partial charge is 0.347 e. The zero-order valence-electron chi connectivity index (χ0n) is 12.0. The second-order valence-corrected chi connectivity index (χ2v) is 7.67. The minimum atomic E-state index is -0.900. The number of aromatic nitrogens is 1. The third-order valence-electron chi connectivity index (χ3n) is 2.82. The van der Waals surface area contributed by atoms with E-state index in [2.05, 4.69) is 11.1 Å². The molecule has 2 rings (SSSR count). The predicted molar refractivity (Wildman–Crippen MR) is 84.2 cm³/mol. The minimum Gasteiger partial charge on any atom is -0.477 e. The van der Waals surface area contributed by atoms with Gasteiger partial charge in [-0.15, -0.1) is 11.3 Å². The summed E-state index contributed by atoms with van der Waals surface area (Å²) in [5, 5.41) is 12.1. The summed E-state index contributed by atoms with van der Waals surface area (Å²) in [6.45, 7) is 6.69. The van der Waals surface area contributed by atoms with E-state index in [1.807, 2.05) is 44.2 Å². The van der Waals surface area contributed by atoms with E-state index in [4.69, 9.17) is 0 Å². The quantitative estimate of drug-likeness (QED) is 0.932. The molecule has 0 aromatic carbocycles. The lowest BCUT2D eigenvalue weighted by atomic mass is 9.91. The molecule has 0 aliphatic carbocycles. The summed E-state index contributed by atoms with van der Waals surface area (Å²) in [4.78, 5) is 19.5. The van der Waals surface area contributed by atoms with Crippen LogP contribution in [0.25, 0.3) is 0 Å². The van der Waals surface area contributed by atoms with Crippen LogP contribution in [0, 0.1) is 0 Å². The Bertz CT molecular complexity index is 597. The molecule has 0 aliphatic rings. The lowest BCUT2D eigenvalue weighted by molar-refractivity contribution is 0.0699. The van der Waals surface area contributed by atoms with E-state index in [0.717, 1.165) is 11.7 Å². The summed E-state index contributed by atoms with van der Waals surface area (Å²) in [6.07, 6.45) is 0. The predicted octanol–water partition coefficient (Wildman–Crippen LogP) is 3.84. The average Bonchev–Trinajstić information content (AvgIpc) is 2.95. The summed E-state index contributed by atoms with van der Waals surface area (Å²) in [5.74, 6) is -0.900. The van der Waals surface area contributed by atoms with E-state index >= 15 is 0 Å². The molecule has 0 aliphatic heterocycles. The molecular weight excluding hydrogens is 292 g/mol. The first-order valence-corrected chi connectivity index (χ1v) is 7.97. The second-order valence-electron chi connectivity index (χ2n) is 5.66. The van der Waals surface area contributed by atoms with Gasteiger partial charge < -0.3 is 10.0 Å². The first-order valence-electron chi connectivity index (χ1n) is 6.27. The van der Waals surface area contributed by atoms with Gasteiger partial charge >= 0.3 is 5.97 Å². The lowest BCUT2D eigenvalue weighted by Crippen LogP contribution is -2.18. The normalized spacial score (nSPS) is 11.6. The maximum absolute atomic E-state index is 11.4. The van der Waals surface area contributed by atoms with E-state index in [1.165, 1.54) is 16.2 Å². The van der Waals surface area contributed by atoms with Gasteiger partial charge in [0.25, 0.3) is 0 Å². The van der Waals surface area contributed by atoms with E-state index in [0.29, 0.717) is 10.6 Å². The van der Waals surface area contributed by atoms with Crippen molar-refractivity contribution >= 4 is 33.8 Å². The van der Waals surface area contributed by atoms with Crippen molar-refractivity contribution in [2.45, 2.75) is 32.7 Å². The van der Waals surface area contributed by atoms with Crippen LogP contribution in [0.2, 0.25) is 0 Å². The van der Waals surface area contributed by atoms with Crippen molar-refractivity contribution in [2.24, 2.45) is 0 Å². The molecule has 0 amide bonds. The Kier molecular flexibility index (Phi) is 4.15. The highest BCUT2D eigenvalue weighted by atomic mass is 32.1. The number of aromatic carboxylic acids is 1. The maximum Gasteiger partial charge on any atom is 0.347 e. The molecule has 20 heavy (non-hydrogen) atoms. The molecule has 108 valence electrons. The molecule has 0 fully saturated rings. The maximum atomic E-state index is 11.4. The van der Waals surface area contributed by atoms with Crippen molar-refractivity contribution < 1.29 is 9.90 Å². The first-order chi connectivity index (χ1) is 9.29. The number of carboxylic acids is 1. The summed E-state index contributed by atoms with van der Waals surface area (Å²) in [7, 11) is 1.94. The molecule has 0 saturated heterocycles. The van der Waals surface area contributed by atoms with Crippen LogP contribution in [0.1, 0.15) is 41.0 Å². The van der Waals surface area contributed by atoms with Crippen LogP contribution in [-0.4, -0.2) is 23.1 Å². The van der Waals surface area contributed by atoms with Crippen LogP contribution in [0.15, 0.2) is 17.5 Å². The molecule has 6 heteroatoms. The van der Waals surface area contributed by atoms with Gasteiger partial charge in [0.2, 0.25) is 0 Å². The number of carbonyl (C=O) groups is 1. The van der Waals surface area contributed by atoms with Gasteiger partial charge in [0.1, 0.15) is 4.88 Å². The van der Waals surface area contributed by atoms with Crippen LogP contribution < -0.4 is 4.90 Å². The number of anilines is 1. The molecule has 0 unspecified atom stereocenters. The second kappa shape index (κ2) is 5.54. The van der Waals surface area contributed by atoms with Gasteiger partial charge in [0, 0.05) is 17.3 Å². The molecule has 2 aromatic rings. The van der Waals surface area contributed by atoms with Crippen molar-refractivity contribution in [3.05, 3.63) is 33.0 Å². The largest absolute Gasteiger partial charge is 0.477 e. The molecule has 2 heterocycles. The molecule has 0 atom stereocenters. The van der Waals surface area contributed by atoms with Crippen molar-refractivity contribution in [3.63, 3.8) is 0 Å². The highest BCUT2D eigenvalue weighted by Gasteiger charge is 2.27. The number of hydrogen-bond acceptors (Lipinski definition) is 5. The van der Waals surface area contributed by atoms with Gasteiger partial charge in [0.05, 0.1) is 12.2 Å². The Morgan fingerprint density at radius 3 is 2.60 bits per heavy atom. The van der Waals surface area contributed by atoms with E-state index in [1.54, 1.807) is 11.3 Å². The molecule has 0 radical (unpaired) electrons. The Balaban J connectivity index is 2.31. The lowest BCUT2D eigenvalue weighted by Gasteiger charge is -2.17. The third kappa shape index (κ3) is 3.19. The van der Waals surface area contributed by atoms with Gasteiger partial charge in [-0.1, -0.05) is 38.2 Å². The van der Waals surface area contributed by atoms with E-state index in [-0.39, 0.29) is 5.41 Å². The van der Waals surface area contributed by atoms with Gasteiger partial charge in [-0.25, -0.2) is 9.78 Å². The summed E-state index contributed by atoms with van der Waals surface area (Å²) in [6, 6.07) is 4.08. The van der Waals surface area contributed by atoms with Crippen LogP contribution in [-0.2, 0) is 12.0 Å². The molecule has 4 nitrogen and oxygen atoms in total. The Morgan fingerprint density at radius 2 is 2.15 bits per heavy atom. The van der Waals surface area contributed by atoms with Crippen molar-refractivity contribution in [2.75, 3.05) is 11.9 Å². The number of thiazole rings is 1. The number of nitrogens with zero attached hydrogens (tertiary/aromatic N) is 2. The molecule has 0 bridgehead atoms. The Morgan fingerprint density at radius 1 is 1.45 bits per heavy atom. The molecule has 1 N–H and O–H groups in total. The number of thiophene rings is 1. The first kappa shape index (κ1) is 15.0. The topological polar surface area (TPSA) is 53.4 Å². The summed E-state index contributed by atoms with van der Waals surface area (Å²) >= 11 is 2.93. The SMILES string of the molecule is CN(Cc1cccs1)c1nc(C(C)(C)C)c(C(=O)O)s1. The fourth-order valence-electron chi connectivity index (χ4n) is 1.83. The molecule has 0 saturated carbocycles. The van der Waals surface area contributed by atoms with Crippen LogP contribution in [0.4, 0.5) is 5.13 Å². The third-order valence-corrected chi connectivity index (χ3v) is 4.84. The highest BCUT2D eigenvalue weighted by molar-refractivity contribution is 7.17.